The number of hydrogen-bond donors (Lipinski definition) is 0. The summed E-state index contributed by atoms with van der Waals surface area (Å²) in [5.41, 5.74) is 3.27. The molecule has 0 spiro atoms. The predicted molar refractivity (Wildman–Crippen MR) is 179 cm³/mol. The van der Waals surface area contributed by atoms with Crippen molar-refractivity contribution in [3.8, 4) is 0 Å². The summed E-state index contributed by atoms with van der Waals surface area (Å²) in [6.45, 7) is 4.71. The molecule has 0 bridgehead atoms. The third-order valence-electron chi connectivity index (χ3n) is 12.2. The van der Waals surface area contributed by atoms with Crippen molar-refractivity contribution in [2.24, 2.45) is 35.5 Å². The van der Waals surface area contributed by atoms with Crippen LogP contribution in [0, 0.1) is 35.5 Å². The molecule has 0 heterocycles. The Labute approximate surface area is 257 Å². The standard InChI is InChI=1S/C40H70O/c1-3-13-33-23-27-35(28-24-33)15-5-7-17-37-19-9-11-21-39(37)31-41-32-40-22-12-10-20-38(40)18-8-6-16-36-29-25-34(14-4-2)26-30-36/h31-38H,3-30H2,1-2H3. The summed E-state index contributed by atoms with van der Waals surface area (Å²) >= 11 is 0. The largest absolute Gasteiger partial charge is 0.473 e. The van der Waals surface area contributed by atoms with Gasteiger partial charge >= 0.3 is 0 Å². The maximum absolute atomic E-state index is 6.31. The summed E-state index contributed by atoms with van der Waals surface area (Å²) in [4.78, 5) is 0. The van der Waals surface area contributed by atoms with E-state index in [1.54, 1.807) is 11.1 Å². The van der Waals surface area contributed by atoms with Crippen LogP contribution in [0.2, 0.25) is 0 Å². The Morgan fingerprint density at radius 1 is 0.463 bits per heavy atom. The zero-order valence-electron chi connectivity index (χ0n) is 27.8. The van der Waals surface area contributed by atoms with Crippen molar-refractivity contribution in [2.45, 2.75) is 194 Å². The highest BCUT2D eigenvalue weighted by atomic mass is 16.5. The number of rotatable bonds is 16. The van der Waals surface area contributed by atoms with Crippen LogP contribution < -0.4 is 0 Å². The molecule has 4 rings (SSSR count). The number of ether oxygens (including phenoxy) is 1. The minimum atomic E-state index is 0.793. The van der Waals surface area contributed by atoms with Crippen LogP contribution in [-0.2, 0) is 4.74 Å². The van der Waals surface area contributed by atoms with E-state index in [9.17, 15) is 0 Å². The van der Waals surface area contributed by atoms with Crippen LogP contribution in [0.25, 0.3) is 0 Å². The molecule has 4 fully saturated rings. The van der Waals surface area contributed by atoms with Gasteiger partial charge in [0.25, 0.3) is 0 Å². The maximum atomic E-state index is 6.31. The molecule has 2 atom stereocenters. The van der Waals surface area contributed by atoms with Gasteiger partial charge in [-0.15, -0.1) is 0 Å². The van der Waals surface area contributed by atoms with Gasteiger partial charge in [0.2, 0.25) is 0 Å². The highest BCUT2D eigenvalue weighted by Crippen LogP contribution is 2.38. The second-order valence-corrected chi connectivity index (χ2v) is 15.3. The first-order chi connectivity index (χ1) is 20.2. The molecule has 0 aromatic heterocycles. The number of allylic oxidation sites excluding steroid dienone is 2. The average molecular weight is 567 g/mol. The van der Waals surface area contributed by atoms with Crippen LogP contribution in [0.4, 0.5) is 0 Å². The van der Waals surface area contributed by atoms with E-state index in [-0.39, 0.29) is 0 Å². The van der Waals surface area contributed by atoms with Crippen LogP contribution in [0.15, 0.2) is 23.7 Å². The molecule has 4 aliphatic rings. The molecular weight excluding hydrogens is 496 g/mol. The molecular formula is C40H70O. The fourth-order valence-electron chi connectivity index (χ4n) is 9.48. The van der Waals surface area contributed by atoms with Crippen molar-refractivity contribution >= 4 is 0 Å². The summed E-state index contributed by atoms with van der Waals surface area (Å²) in [5, 5.41) is 0. The van der Waals surface area contributed by atoms with Gasteiger partial charge in [0, 0.05) is 0 Å². The number of unbranched alkanes of at least 4 members (excludes halogenated alkanes) is 2. The van der Waals surface area contributed by atoms with Crippen molar-refractivity contribution in [1.82, 2.24) is 0 Å². The predicted octanol–water partition coefficient (Wildman–Crippen LogP) is 13.5. The van der Waals surface area contributed by atoms with Gasteiger partial charge in [0.05, 0.1) is 12.5 Å². The quantitative estimate of drug-likeness (QED) is 0.133. The Morgan fingerprint density at radius 3 is 1.22 bits per heavy atom. The molecule has 0 N–H and O–H groups in total. The lowest BCUT2D eigenvalue weighted by atomic mass is 9.77. The zero-order chi connectivity index (χ0) is 28.5. The maximum Gasteiger partial charge on any atom is 0.0896 e. The lowest BCUT2D eigenvalue weighted by Crippen LogP contribution is -2.15. The van der Waals surface area contributed by atoms with Gasteiger partial charge in [-0.1, -0.05) is 142 Å². The topological polar surface area (TPSA) is 9.23 Å². The van der Waals surface area contributed by atoms with Crippen LogP contribution in [0.1, 0.15) is 194 Å². The second-order valence-electron chi connectivity index (χ2n) is 15.3. The van der Waals surface area contributed by atoms with E-state index in [2.05, 4.69) is 26.4 Å². The van der Waals surface area contributed by atoms with Crippen LogP contribution >= 0.6 is 0 Å². The molecule has 4 saturated carbocycles. The third-order valence-corrected chi connectivity index (χ3v) is 12.2. The summed E-state index contributed by atoms with van der Waals surface area (Å²) in [5.74, 6) is 5.76. The van der Waals surface area contributed by atoms with Gasteiger partial charge in [-0.05, 0) is 98.0 Å². The summed E-state index contributed by atoms with van der Waals surface area (Å²) < 4.78 is 6.31. The molecule has 236 valence electrons. The third kappa shape index (κ3) is 12.1. The highest BCUT2D eigenvalue weighted by molar-refractivity contribution is 5.10. The summed E-state index contributed by atoms with van der Waals surface area (Å²) in [6.07, 6.45) is 44.8. The Bertz CT molecular complexity index is 670. The molecule has 0 radical (unpaired) electrons. The van der Waals surface area contributed by atoms with E-state index in [1.165, 1.54) is 180 Å². The van der Waals surface area contributed by atoms with E-state index < -0.39 is 0 Å². The van der Waals surface area contributed by atoms with Crippen molar-refractivity contribution in [1.29, 1.82) is 0 Å². The van der Waals surface area contributed by atoms with E-state index in [1.807, 2.05) is 0 Å². The first-order valence-electron chi connectivity index (χ1n) is 19.3. The normalized spacial score (nSPS) is 33.3. The first-order valence-corrected chi connectivity index (χ1v) is 19.3. The van der Waals surface area contributed by atoms with Gasteiger partial charge in [-0.25, -0.2) is 0 Å². The molecule has 0 amide bonds. The van der Waals surface area contributed by atoms with Crippen LogP contribution in [0.5, 0.6) is 0 Å². The van der Waals surface area contributed by atoms with Crippen LogP contribution in [0.3, 0.4) is 0 Å². The fourth-order valence-corrected chi connectivity index (χ4v) is 9.48. The van der Waals surface area contributed by atoms with Crippen molar-refractivity contribution in [3.63, 3.8) is 0 Å². The Hall–Kier alpha value is -0.720. The molecule has 41 heavy (non-hydrogen) atoms. The van der Waals surface area contributed by atoms with E-state index >= 15 is 0 Å². The fraction of sp³-hybridized carbons (Fsp3) is 0.900. The van der Waals surface area contributed by atoms with E-state index in [0.717, 1.165) is 35.5 Å². The van der Waals surface area contributed by atoms with Gasteiger partial charge in [0.15, 0.2) is 0 Å². The van der Waals surface area contributed by atoms with E-state index in [0.29, 0.717) is 0 Å². The molecule has 2 unspecified atom stereocenters. The minimum absolute atomic E-state index is 0.793. The molecule has 0 aliphatic heterocycles. The Kier molecular flexibility index (Phi) is 15.8. The van der Waals surface area contributed by atoms with Crippen molar-refractivity contribution in [2.75, 3.05) is 0 Å². The molecule has 0 aromatic rings. The van der Waals surface area contributed by atoms with Crippen molar-refractivity contribution in [3.05, 3.63) is 23.7 Å². The SMILES string of the molecule is CCCC1CCC(CCCCC2CCCCC2=COC=C2CCCCC2CCCCC2CCC(CCC)CC2)CC1. The van der Waals surface area contributed by atoms with Gasteiger partial charge in [-0.3, -0.25) is 0 Å². The van der Waals surface area contributed by atoms with Gasteiger partial charge < -0.3 is 4.74 Å². The van der Waals surface area contributed by atoms with Gasteiger partial charge in [-0.2, -0.15) is 0 Å². The molecule has 0 aromatic carbocycles. The minimum Gasteiger partial charge on any atom is -0.473 e. The first kappa shape index (κ1) is 33.2. The lowest BCUT2D eigenvalue weighted by molar-refractivity contribution is 0.245. The monoisotopic (exact) mass is 567 g/mol. The number of hydrogen-bond acceptors (Lipinski definition) is 1. The average Bonchev–Trinajstić information content (AvgIpc) is 3.01. The zero-order valence-corrected chi connectivity index (χ0v) is 27.8. The molecule has 1 heteroatoms. The van der Waals surface area contributed by atoms with Crippen LogP contribution in [-0.4, -0.2) is 0 Å². The van der Waals surface area contributed by atoms with E-state index in [4.69, 9.17) is 4.74 Å². The summed E-state index contributed by atoms with van der Waals surface area (Å²) in [7, 11) is 0. The molecule has 0 saturated heterocycles. The Morgan fingerprint density at radius 2 is 0.829 bits per heavy atom. The lowest BCUT2D eigenvalue weighted by Gasteiger charge is -2.29. The smallest absolute Gasteiger partial charge is 0.0896 e. The highest BCUT2D eigenvalue weighted by Gasteiger charge is 2.24. The molecule has 4 aliphatic carbocycles. The summed E-state index contributed by atoms with van der Waals surface area (Å²) in [6, 6.07) is 0. The second kappa shape index (κ2) is 19.5. The molecule has 1 nitrogen and oxygen atoms in total. The van der Waals surface area contributed by atoms with Gasteiger partial charge in [0.1, 0.15) is 0 Å². The Balaban J connectivity index is 1.13. The van der Waals surface area contributed by atoms with Crippen molar-refractivity contribution < 1.29 is 4.74 Å².